The number of nitrogens with zero attached hydrogens (tertiary/aromatic N) is 2. The molecule has 0 aliphatic heterocycles. The summed E-state index contributed by atoms with van der Waals surface area (Å²) in [5.41, 5.74) is 0. The molecule has 0 aromatic carbocycles. The number of nitrogens with one attached hydrogen (secondary N) is 2. The Morgan fingerprint density at radius 1 is 1.41 bits per heavy atom. The number of likely N-dealkylation sites (N-methyl/N-ethyl adjacent to an activating group) is 1. The summed E-state index contributed by atoms with van der Waals surface area (Å²) in [7, 11) is 3.85. The number of amides is 2. The summed E-state index contributed by atoms with van der Waals surface area (Å²) < 4.78 is 4.82. The molecule has 0 fully saturated rings. The molecule has 0 aliphatic carbocycles. The summed E-state index contributed by atoms with van der Waals surface area (Å²) in [5.74, 6) is -0.692. The quantitative estimate of drug-likeness (QED) is 0.813. The van der Waals surface area contributed by atoms with Gasteiger partial charge in [-0.2, -0.15) is 0 Å². The number of hydrogen-bond donors (Lipinski definition) is 2. The molecular weight excluding hydrogens is 304 g/mol. The van der Waals surface area contributed by atoms with Crippen molar-refractivity contribution in [1.29, 1.82) is 0 Å². The van der Waals surface area contributed by atoms with Crippen molar-refractivity contribution in [3.63, 3.8) is 0 Å². The average Bonchev–Trinajstić information content (AvgIpc) is 3.10. The maximum absolute atomic E-state index is 11.9. The zero-order chi connectivity index (χ0) is 16.1. The molecule has 2 rings (SSSR count). The van der Waals surface area contributed by atoms with Gasteiger partial charge in [-0.1, -0.05) is 11.2 Å². The van der Waals surface area contributed by atoms with Crippen LogP contribution in [0.15, 0.2) is 28.1 Å². The predicted molar refractivity (Wildman–Crippen MR) is 83.6 cm³/mol. The first-order chi connectivity index (χ1) is 10.5. The number of thiophene rings is 1. The second-order valence-electron chi connectivity index (χ2n) is 4.98. The third-order valence-corrected chi connectivity index (χ3v) is 4.00. The minimum Gasteiger partial charge on any atom is -0.360 e. The fraction of sp³-hybridized carbons (Fsp3) is 0.357. The smallest absolute Gasteiger partial charge is 0.314 e. The number of carbonyl (C=O) groups excluding carboxylic acids is 2. The maximum Gasteiger partial charge on any atom is 0.314 e. The molecule has 8 heteroatoms. The van der Waals surface area contributed by atoms with E-state index in [2.05, 4.69) is 15.8 Å². The SMILES string of the molecule is Cc1cc(NC(=O)C(=O)NCC(c2cccs2)N(C)C)no1. The lowest BCUT2D eigenvalue weighted by Crippen LogP contribution is -2.40. The van der Waals surface area contributed by atoms with Crippen molar-refractivity contribution in [1.82, 2.24) is 15.4 Å². The van der Waals surface area contributed by atoms with Crippen molar-refractivity contribution in [2.75, 3.05) is 26.0 Å². The molecule has 2 N–H and O–H groups in total. The Hall–Kier alpha value is -2.19. The Kier molecular flexibility index (Phi) is 5.29. The van der Waals surface area contributed by atoms with E-state index in [9.17, 15) is 9.59 Å². The molecule has 118 valence electrons. The first-order valence-electron chi connectivity index (χ1n) is 6.69. The lowest BCUT2D eigenvalue weighted by molar-refractivity contribution is -0.136. The molecule has 1 atom stereocenters. The molecule has 0 spiro atoms. The largest absolute Gasteiger partial charge is 0.360 e. The van der Waals surface area contributed by atoms with Gasteiger partial charge in [0.25, 0.3) is 0 Å². The van der Waals surface area contributed by atoms with Gasteiger partial charge in [-0.3, -0.25) is 14.9 Å². The van der Waals surface area contributed by atoms with E-state index in [1.807, 2.05) is 36.5 Å². The van der Waals surface area contributed by atoms with Gasteiger partial charge in [-0.25, -0.2) is 0 Å². The van der Waals surface area contributed by atoms with Crippen molar-refractivity contribution < 1.29 is 14.1 Å². The van der Waals surface area contributed by atoms with E-state index < -0.39 is 11.8 Å². The molecule has 0 saturated heterocycles. The third-order valence-electron chi connectivity index (χ3n) is 3.03. The number of rotatable bonds is 5. The minimum absolute atomic E-state index is 0.0195. The van der Waals surface area contributed by atoms with Gasteiger partial charge in [0.15, 0.2) is 5.82 Å². The molecular formula is C14H18N4O3S. The maximum atomic E-state index is 11.9. The normalized spacial score (nSPS) is 12.2. The summed E-state index contributed by atoms with van der Waals surface area (Å²) in [6, 6.07) is 5.52. The van der Waals surface area contributed by atoms with Crippen LogP contribution in [0.2, 0.25) is 0 Å². The highest BCUT2D eigenvalue weighted by molar-refractivity contribution is 7.10. The average molecular weight is 322 g/mol. The van der Waals surface area contributed by atoms with Gasteiger partial charge in [-0.05, 0) is 32.5 Å². The van der Waals surface area contributed by atoms with Gasteiger partial charge in [0, 0.05) is 17.5 Å². The second kappa shape index (κ2) is 7.19. The number of aryl methyl sites for hydroxylation is 1. The number of hydrogen-bond acceptors (Lipinski definition) is 6. The molecule has 0 aliphatic rings. The van der Waals surface area contributed by atoms with Crippen LogP contribution < -0.4 is 10.6 Å². The Labute approximate surface area is 132 Å². The van der Waals surface area contributed by atoms with Crippen LogP contribution >= 0.6 is 11.3 Å². The topological polar surface area (TPSA) is 87.5 Å². The molecule has 2 aromatic heterocycles. The Bertz CT molecular complexity index is 636. The van der Waals surface area contributed by atoms with E-state index in [4.69, 9.17) is 4.52 Å². The highest BCUT2D eigenvalue weighted by Crippen LogP contribution is 2.22. The van der Waals surface area contributed by atoms with Gasteiger partial charge in [-0.15, -0.1) is 11.3 Å². The standard InChI is InChI=1S/C14H18N4O3S/c1-9-7-12(17-21-9)16-14(20)13(19)15-8-10(18(2)3)11-5-4-6-22-11/h4-7,10H,8H2,1-3H3,(H,15,19)(H,16,17,20). The molecule has 22 heavy (non-hydrogen) atoms. The van der Waals surface area contributed by atoms with Crippen molar-refractivity contribution >= 4 is 29.0 Å². The van der Waals surface area contributed by atoms with Gasteiger partial charge < -0.3 is 14.7 Å². The lowest BCUT2D eigenvalue weighted by atomic mass is 10.2. The Morgan fingerprint density at radius 3 is 2.73 bits per heavy atom. The van der Waals surface area contributed by atoms with E-state index in [-0.39, 0.29) is 11.9 Å². The monoisotopic (exact) mass is 322 g/mol. The van der Waals surface area contributed by atoms with E-state index in [1.165, 1.54) is 0 Å². The second-order valence-corrected chi connectivity index (χ2v) is 5.96. The van der Waals surface area contributed by atoms with Crippen LogP contribution in [0.5, 0.6) is 0 Å². The Morgan fingerprint density at radius 2 is 2.18 bits per heavy atom. The van der Waals surface area contributed by atoms with Crippen LogP contribution in [-0.2, 0) is 9.59 Å². The van der Waals surface area contributed by atoms with Crippen molar-refractivity contribution in [2.45, 2.75) is 13.0 Å². The number of carbonyl (C=O) groups is 2. The third kappa shape index (κ3) is 4.15. The van der Waals surface area contributed by atoms with Crippen LogP contribution in [0.4, 0.5) is 5.82 Å². The first-order valence-corrected chi connectivity index (χ1v) is 7.57. The fourth-order valence-corrected chi connectivity index (χ4v) is 2.81. The molecule has 1 unspecified atom stereocenters. The van der Waals surface area contributed by atoms with E-state index in [0.717, 1.165) is 4.88 Å². The summed E-state index contributed by atoms with van der Waals surface area (Å²) >= 11 is 1.61. The van der Waals surface area contributed by atoms with E-state index in [0.29, 0.717) is 12.3 Å². The molecule has 7 nitrogen and oxygen atoms in total. The Balaban J connectivity index is 1.89. The molecule has 0 saturated carbocycles. The minimum atomic E-state index is -0.767. The summed E-state index contributed by atoms with van der Waals surface area (Å²) in [4.78, 5) is 26.7. The highest BCUT2D eigenvalue weighted by Gasteiger charge is 2.20. The van der Waals surface area contributed by atoms with Gasteiger partial charge in [0.2, 0.25) is 0 Å². The van der Waals surface area contributed by atoms with Crippen LogP contribution in [0.3, 0.4) is 0 Å². The van der Waals surface area contributed by atoms with Crippen molar-refractivity contribution in [3.05, 3.63) is 34.2 Å². The van der Waals surface area contributed by atoms with E-state index in [1.54, 1.807) is 24.3 Å². The summed E-state index contributed by atoms with van der Waals surface area (Å²) in [6.07, 6.45) is 0. The zero-order valence-corrected chi connectivity index (χ0v) is 13.4. The predicted octanol–water partition coefficient (Wildman–Crippen LogP) is 1.40. The molecule has 0 radical (unpaired) electrons. The zero-order valence-electron chi connectivity index (χ0n) is 12.6. The molecule has 2 heterocycles. The summed E-state index contributed by atoms with van der Waals surface area (Å²) in [5, 5.41) is 10.6. The van der Waals surface area contributed by atoms with Crippen molar-refractivity contribution in [2.24, 2.45) is 0 Å². The number of aromatic nitrogens is 1. The number of anilines is 1. The van der Waals surface area contributed by atoms with E-state index >= 15 is 0 Å². The van der Waals surface area contributed by atoms with Gasteiger partial charge >= 0.3 is 11.8 Å². The lowest BCUT2D eigenvalue weighted by Gasteiger charge is -2.23. The van der Waals surface area contributed by atoms with Crippen molar-refractivity contribution in [3.8, 4) is 0 Å². The van der Waals surface area contributed by atoms with Crippen LogP contribution in [0, 0.1) is 6.92 Å². The first kappa shape index (κ1) is 16.2. The van der Waals surface area contributed by atoms with Gasteiger partial charge in [0.1, 0.15) is 5.76 Å². The van der Waals surface area contributed by atoms with Crippen LogP contribution in [-0.4, -0.2) is 42.5 Å². The molecule has 2 aromatic rings. The highest BCUT2D eigenvalue weighted by atomic mass is 32.1. The fourth-order valence-electron chi connectivity index (χ4n) is 1.89. The molecule has 0 bridgehead atoms. The van der Waals surface area contributed by atoms with Crippen LogP contribution in [0.1, 0.15) is 16.7 Å². The summed E-state index contributed by atoms with van der Waals surface area (Å²) in [6.45, 7) is 2.04. The van der Waals surface area contributed by atoms with Crippen LogP contribution in [0.25, 0.3) is 0 Å². The van der Waals surface area contributed by atoms with Gasteiger partial charge in [0.05, 0.1) is 6.04 Å². The molecule has 2 amide bonds.